The molecule has 0 unspecified atom stereocenters. The van der Waals surface area contributed by atoms with E-state index in [2.05, 4.69) is 10.0 Å². The summed E-state index contributed by atoms with van der Waals surface area (Å²) in [7, 11) is -4.00. The molecule has 0 spiro atoms. The highest BCUT2D eigenvalue weighted by Gasteiger charge is 2.25. The molecular formula is C21H22Cl2N2O7S. The van der Waals surface area contributed by atoms with Crippen LogP contribution in [0.5, 0.6) is 17.2 Å². The summed E-state index contributed by atoms with van der Waals surface area (Å²) in [6.07, 6.45) is 3.68. The second-order valence-electron chi connectivity index (χ2n) is 7.58. The minimum atomic E-state index is -4.00. The van der Waals surface area contributed by atoms with Crippen molar-refractivity contribution in [2.45, 2.75) is 49.5 Å². The maximum Gasteiger partial charge on any atom is 0.312 e. The van der Waals surface area contributed by atoms with Gasteiger partial charge in [0.1, 0.15) is 22.8 Å². The van der Waals surface area contributed by atoms with Crippen molar-refractivity contribution < 1.29 is 33.0 Å². The summed E-state index contributed by atoms with van der Waals surface area (Å²) in [5.41, 5.74) is 0.161. The zero-order chi connectivity index (χ0) is 24.2. The summed E-state index contributed by atoms with van der Waals surface area (Å²) < 4.78 is 33.9. The van der Waals surface area contributed by atoms with Crippen LogP contribution in [0.15, 0.2) is 35.2 Å². The van der Waals surface area contributed by atoms with E-state index < -0.39 is 34.1 Å². The average molecular weight is 517 g/mol. The van der Waals surface area contributed by atoms with Gasteiger partial charge in [-0.1, -0.05) is 42.5 Å². The number of phenolic OH excluding ortho intramolecular Hbond substituents is 1. The molecule has 0 saturated heterocycles. The second-order valence-corrected chi connectivity index (χ2v) is 10.1. The highest BCUT2D eigenvalue weighted by Crippen LogP contribution is 2.40. The van der Waals surface area contributed by atoms with Crippen molar-refractivity contribution >= 4 is 50.8 Å². The number of anilines is 1. The van der Waals surface area contributed by atoms with Crippen molar-refractivity contribution in [2.75, 3.05) is 5.32 Å². The standard InChI is InChI=1S/C21H22Cl2N2O7S/c22-15-8-13(24-19(27)11-20(28)29)9-16(23)21(15)32-14-6-7-17(26)18(10-14)33(30,31)25-12-4-2-1-3-5-12/h6-10,12,25-26H,1-5,11H2,(H,24,27)(H,28,29). The van der Waals surface area contributed by atoms with E-state index in [1.54, 1.807) is 0 Å². The van der Waals surface area contributed by atoms with E-state index in [0.717, 1.165) is 38.2 Å². The number of aliphatic carboxylic acids is 1. The summed E-state index contributed by atoms with van der Waals surface area (Å²) in [6, 6.07) is 6.13. The van der Waals surface area contributed by atoms with Gasteiger partial charge in [0.05, 0.1) is 10.0 Å². The number of carboxylic acids is 1. The normalized spacial score (nSPS) is 14.6. The Bertz CT molecular complexity index is 1140. The quantitative estimate of drug-likeness (QED) is 0.377. The molecule has 1 saturated carbocycles. The number of sulfonamides is 1. The van der Waals surface area contributed by atoms with Gasteiger partial charge in [-0.05, 0) is 37.1 Å². The maximum absolute atomic E-state index is 12.8. The van der Waals surface area contributed by atoms with Crippen molar-refractivity contribution in [3.63, 3.8) is 0 Å². The van der Waals surface area contributed by atoms with E-state index in [1.165, 1.54) is 24.3 Å². The first kappa shape index (κ1) is 25.1. The fraction of sp³-hybridized carbons (Fsp3) is 0.333. The van der Waals surface area contributed by atoms with Gasteiger partial charge in [-0.15, -0.1) is 0 Å². The highest BCUT2D eigenvalue weighted by atomic mass is 35.5. The molecule has 1 aliphatic carbocycles. The molecule has 1 fully saturated rings. The summed E-state index contributed by atoms with van der Waals surface area (Å²) in [5, 5.41) is 21.2. The van der Waals surface area contributed by atoms with Gasteiger partial charge in [0.15, 0.2) is 5.75 Å². The SMILES string of the molecule is O=C(O)CC(=O)Nc1cc(Cl)c(Oc2ccc(O)c(S(=O)(=O)NC3CCCCC3)c2)c(Cl)c1. The first-order valence-electron chi connectivity index (χ1n) is 10.1. The van der Waals surface area contributed by atoms with Gasteiger partial charge in [0, 0.05) is 17.8 Å². The van der Waals surface area contributed by atoms with E-state index >= 15 is 0 Å². The van der Waals surface area contributed by atoms with Gasteiger partial charge in [-0.2, -0.15) is 0 Å². The summed E-state index contributed by atoms with van der Waals surface area (Å²) in [5.74, 6) is -2.44. The fourth-order valence-electron chi connectivity index (χ4n) is 3.47. The Kier molecular flexibility index (Phi) is 8.06. The number of benzene rings is 2. The van der Waals surface area contributed by atoms with Crippen LogP contribution in [0.1, 0.15) is 38.5 Å². The average Bonchev–Trinajstić information content (AvgIpc) is 2.71. The third-order valence-electron chi connectivity index (χ3n) is 4.96. The topological polar surface area (TPSA) is 142 Å². The number of halogens is 2. The molecule has 4 N–H and O–H groups in total. The molecule has 12 heteroatoms. The first-order chi connectivity index (χ1) is 15.5. The van der Waals surface area contributed by atoms with Crippen molar-refractivity contribution in [1.82, 2.24) is 4.72 Å². The molecule has 0 aromatic heterocycles. The molecule has 2 aromatic carbocycles. The summed E-state index contributed by atoms with van der Waals surface area (Å²) >= 11 is 12.4. The number of carbonyl (C=O) groups is 2. The fourth-order valence-corrected chi connectivity index (χ4v) is 5.45. The zero-order valence-corrected chi connectivity index (χ0v) is 19.6. The van der Waals surface area contributed by atoms with Gasteiger partial charge in [-0.25, -0.2) is 13.1 Å². The zero-order valence-electron chi connectivity index (χ0n) is 17.3. The molecule has 0 atom stereocenters. The minimum absolute atomic E-state index is 0.00839. The number of nitrogens with one attached hydrogen (secondary N) is 2. The van der Waals surface area contributed by atoms with E-state index in [0.29, 0.717) is 0 Å². The van der Waals surface area contributed by atoms with Crippen molar-refractivity contribution in [1.29, 1.82) is 0 Å². The molecule has 0 aliphatic heterocycles. The second kappa shape index (κ2) is 10.6. The van der Waals surface area contributed by atoms with Gasteiger partial charge >= 0.3 is 5.97 Å². The van der Waals surface area contributed by atoms with Crippen LogP contribution in [0, 0.1) is 0 Å². The number of carbonyl (C=O) groups excluding carboxylic acids is 1. The van der Waals surface area contributed by atoms with Gasteiger partial charge in [0.2, 0.25) is 15.9 Å². The summed E-state index contributed by atoms with van der Waals surface area (Å²) in [4.78, 5) is 21.9. The molecule has 0 bridgehead atoms. The highest BCUT2D eigenvalue weighted by molar-refractivity contribution is 7.89. The minimum Gasteiger partial charge on any atom is -0.507 e. The predicted octanol–water partition coefficient (Wildman–Crippen LogP) is 4.52. The molecule has 9 nitrogen and oxygen atoms in total. The monoisotopic (exact) mass is 516 g/mol. The van der Waals surface area contributed by atoms with Crippen LogP contribution in [0.4, 0.5) is 5.69 Å². The Morgan fingerprint density at radius 3 is 2.30 bits per heavy atom. The van der Waals surface area contributed by atoms with Crippen molar-refractivity contribution in [2.24, 2.45) is 0 Å². The lowest BCUT2D eigenvalue weighted by atomic mass is 9.96. The predicted molar refractivity (Wildman–Crippen MR) is 123 cm³/mol. The van der Waals surface area contributed by atoms with Crippen LogP contribution < -0.4 is 14.8 Å². The van der Waals surface area contributed by atoms with E-state index in [4.69, 9.17) is 33.0 Å². The van der Waals surface area contributed by atoms with Gasteiger partial charge < -0.3 is 20.3 Å². The van der Waals surface area contributed by atoms with Crippen LogP contribution in [-0.2, 0) is 19.6 Å². The van der Waals surface area contributed by atoms with E-state index in [9.17, 15) is 23.1 Å². The molecule has 3 rings (SSSR count). The molecule has 33 heavy (non-hydrogen) atoms. The Balaban J connectivity index is 1.81. The van der Waals surface area contributed by atoms with Gasteiger partial charge in [0.25, 0.3) is 0 Å². The number of amides is 1. The number of hydrogen-bond acceptors (Lipinski definition) is 6. The number of carboxylic acid groups (broad SMARTS) is 1. The number of ether oxygens (including phenoxy) is 1. The van der Waals surface area contributed by atoms with Crippen LogP contribution >= 0.6 is 23.2 Å². The molecule has 1 amide bonds. The molecule has 178 valence electrons. The number of phenols is 1. The lowest BCUT2D eigenvalue weighted by molar-refractivity contribution is -0.139. The Labute approximate surface area is 200 Å². The van der Waals surface area contributed by atoms with Gasteiger partial charge in [-0.3, -0.25) is 9.59 Å². The molecule has 1 aliphatic rings. The lowest BCUT2D eigenvalue weighted by Gasteiger charge is -2.23. The largest absolute Gasteiger partial charge is 0.507 e. The molecule has 2 aromatic rings. The Morgan fingerprint density at radius 1 is 1.06 bits per heavy atom. The molecule has 0 heterocycles. The van der Waals surface area contributed by atoms with Crippen molar-refractivity contribution in [3.05, 3.63) is 40.4 Å². The van der Waals surface area contributed by atoms with E-state index in [1.807, 2.05) is 0 Å². The third kappa shape index (κ3) is 6.73. The Hall–Kier alpha value is -2.53. The maximum atomic E-state index is 12.8. The Morgan fingerprint density at radius 2 is 1.70 bits per heavy atom. The number of hydrogen-bond donors (Lipinski definition) is 4. The number of rotatable bonds is 8. The first-order valence-corrected chi connectivity index (χ1v) is 12.3. The lowest BCUT2D eigenvalue weighted by Crippen LogP contribution is -2.36. The van der Waals surface area contributed by atoms with Crippen molar-refractivity contribution in [3.8, 4) is 17.2 Å². The third-order valence-corrected chi connectivity index (χ3v) is 7.07. The molecular weight excluding hydrogens is 495 g/mol. The van der Waals surface area contributed by atoms with Crippen LogP contribution in [0.25, 0.3) is 0 Å². The van der Waals surface area contributed by atoms with Crippen LogP contribution in [0.3, 0.4) is 0 Å². The smallest absolute Gasteiger partial charge is 0.312 e. The molecule has 0 radical (unpaired) electrons. The van der Waals surface area contributed by atoms with Crippen LogP contribution in [-0.4, -0.2) is 36.5 Å². The van der Waals surface area contributed by atoms with E-state index in [-0.39, 0.29) is 38.2 Å². The van der Waals surface area contributed by atoms with Crippen LogP contribution in [0.2, 0.25) is 10.0 Å². The number of aromatic hydroxyl groups is 1. The summed E-state index contributed by atoms with van der Waals surface area (Å²) in [6.45, 7) is 0.